The Labute approximate surface area is 105 Å². The van der Waals surface area contributed by atoms with Crippen molar-refractivity contribution in [1.29, 1.82) is 0 Å². The van der Waals surface area contributed by atoms with Crippen LogP contribution in [0.3, 0.4) is 0 Å². The molecule has 4 heteroatoms. The van der Waals surface area contributed by atoms with E-state index in [1.165, 1.54) is 0 Å². The van der Waals surface area contributed by atoms with Crippen molar-refractivity contribution in [2.75, 3.05) is 0 Å². The Morgan fingerprint density at radius 2 is 2.17 bits per heavy atom. The van der Waals surface area contributed by atoms with Gasteiger partial charge in [-0.05, 0) is 36.4 Å². The molecule has 3 N–H and O–H groups in total. The molecule has 0 aliphatic heterocycles. The molecule has 1 unspecified atom stereocenters. The average Bonchev–Trinajstić information content (AvgIpc) is 2.35. The fourth-order valence-electron chi connectivity index (χ4n) is 1.95. The maximum Gasteiger partial charge on any atom is 0.303 e. The Hall–Kier alpha value is -1.94. The van der Waals surface area contributed by atoms with E-state index in [1.54, 1.807) is 0 Å². The van der Waals surface area contributed by atoms with E-state index in [1.807, 2.05) is 37.4 Å². The molecule has 0 radical (unpaired) electrons. The summed E-state index contributed by atoms with van der Waals surface area (Å²) in [7, 11) is 0. The minimum atomic E-state index is -0.816. The number of aliphatic carboxylic acids is 1. The smallest absolute Gasteiger partial charge is 0.303 e. The molecule has 4 nitrogen and oxygen atoms in total. The lowest BCUT2D eigenvalue weighted by Gasteiger charge is -2.11. The Kier molecular flexibility index (Phi) is 3.58. The molecule has 1 heterocycles. The quantitative estimate of drug-likeness (QED) is 0.865. The minimum Gasteiger partial charge on any atom is -0.481 e. The third-order valence-corrected chi connectivity index (χ3v) is 2.98. The topological polar surface area (TPSA) is 76.2 Å². The first-order valence-corrected chi connectivity index (χ1v) is 5.90. The highest BCUT2D eigenvalue weighted by Gasteiger charge is 2.09. The van der Waals surface area contributed by atoms with Crippen LogP contribution in [0.25, 0.3) is 10.8 Å². The summed E-state index contributed by atoms with van der Waals surface area (Å²) < 4.78 is 0. The molecule has 2 rings (SSSR count). The number of carbonyl (C=O) groups is 1. The van der Waals surface area contributed by atoms with E-state index in [9.17, 15) is 4.79 Å². The van der Waals surface area contributed by atoms with E-state index >= 15 is 0 Å². The lowest BCUT2D eigenvalue weighted by molar-refractivity contribution is -0.137. The Morgan fingerprint density at radius 1 is 1.39 bits per heavy atom. The van der Waals surface area contributed by atoms with E-state index in [0.29, 0.717) is 6.42 Å². The van der Waals surface area contributed by atoms with Gasteiger partial charge in [0, 0.05) is 29.7 Å². The summed E-state index contributed by atoms with van der Waals surface area (Å²) in [6.45, 7) is 1.95. The number of fused-ring (bicyclic) bond motifs is 1. The summed E-state index contributed by atoms with van der Waals surface area (Å²) in [6, 6.07) is 7.71. The lowest BCUT2D eigenvalue weighted by Crippen LogP contribution is -2.12. The van der Waals surface area contributed by atoms with Gasteiger partial charge in [-0.2, -0.15) is 0 Å². The van der Waals surface area contributed by atoms with Crippen LogP contribution in [0.5, 0.6) is 0 Å². The number of carboxylic acids is 1. The number of nitrogens with two attached hydrogens (primary N) is 1. The van der Waals surface area contributed by atoms with Crippen LogP contribution >= 0.6 is 0 Å². The molecule has 0 fully saturated rings. The van der Waals surface area contributed by atoms with Crippen molar-refractivity contribution in [2.45, 2.75) is 25.8 Å². The molecule has 0 spiro atoms. The highest BCUT2D eigenvalue weighted by molar-refractivity contribution is 5.82. The maximum atomic E-state index is 10.5. The van der Waals surface area contributed by atoms with Crippen molar-refractivity contribution < 1.29 is 9.90 Å². The van der Waals surface area contributed by atoms with Gasteiger partial charge in [0.25, 0.3) is 0 Å². The van der Waals surface area contributed by atoms with E-state index < -0.39 is 5.97 Å². The first-order chi connectivity index (χ1) is 8.56. The van der Waals surface area contributed by atoms with Gasteiger partial charge >= 0.3 is 5.97 Å². The van der Waals surface area contributed by atoms with E-state index in [4.69, 9.17) is 10.8 Å². The summed E-state index contributed by atoms with van der Waals surface area (Å²) >= 11 is 0. The molecular weight excluding hydrogens is 228 g/mol. The fourth-order valence-corrected chi connectivity index (χ4v) is 1.95. The van der Waals surface area contributed by atoms with Gasteiger partial charge in [-0.1, -0.05) is 12.1 Å². The number of hydrogen-bond acceptors (Lipinski definition) is 3. The number of carboxylic acid groups (broad SMARTS) is 1. The van der Waals surface area contributed by atoms with Gasteiger partial charge in [0.2, 0.25) is 0 Å². The maximum absolute atomic E-state index is 10.5. The normalized spacial score (nSPS) is 12.6. The zero-order valence-corrected chi connectivity index (χ0v) is 10.3. The van der Waals surface area contributed by atoms with Crippen molar-refractivity contribution in [3.8, 4) is 0 Å². The summed E-state index contributed by atoms with van der Waals surface area (Å²) in [5, 5.41) is 10.8. The minimum absolute atomic E-state index is 0.0886. The Balaban J connectivity index is 2.24. The molecule has 0 bridgehead atoms. The molecule has 0 aliphatic rings. The zero-order valence-electron chi connectivity index (χ0n) is 10.3. The zero-order chi connectivity index (χ0) is 13.1. The van der Waals surface area contributed by atoms with Crippen LogP contribution in [0, 0.1) is 6.92 Å². The number of benzene rings is 1. The Morgan fingerprint density at radius 3 is 2.89 bits per heavy atom. The van der Waals surface area contributed by atoms with Crippen LogP contribution < -0.4 is 5.73 Å². The van der Waals surface area contributed by atoms with Crippen LogP contribution in [-0.4, -0.2) is 16.1 Å². The predicted octanol–water partition coefficient (Wildman–Crippen LogP) is 2.41. The molecule has 1 atom stereocenters. The van der Waals surface area contributed by atoms with Gasteiger partial charge in [0.1, 0.15) is 0 Å². The molecule has 94 valence electrons. The Bertz CT molecular complexity index is 581. The fraction of sp³-hybridized carbons (Fsp3) is 0.286. The van der Waals surface area contributed by atoms with Crippen molar-refractivity contribution in [2.24, 2.45) is 5.73 Å². The lowest BCUT2D eigenvalue weighted by atomic mass is 10.00. The summed E-state index contributed by atoms with van der Waals surface area (Å²) in [5.74, 6) is -0.816. The highest BCUT2D eigenvalue weighted by Crippen LogP contribution is 2.21. The molecule has 2 aromatic rings. The van der Waals surface area contributed by atoms with Crippen molar-refractivity contribution >= 4 is 16.7 Å². The first-order valence-electron chi connectivity index (χ1n) is 5.90. The van der Waals surface area contributed by atoms with Crippen molar-refractivity contribution in [3.05, 3.63) is 41.7 Å². The number of pyridine rings is 1. The number of aromatic nitrogens is 1. The van der Waals surface area contributed by atoms with E-state index in [0.717, 1.165) is 22.0 Å². The molecule has 0 amide bonds. The molecule has 1 aromatic heterocycles. The molecule has 18 heavy (non-hydrogen) atoms. The van der Waals surface area contributed by atoms with E-state index in [2.05, 4.69) is 4.98 Å². The van der Waals surface area contributed by atoms with Crippen molar-refractivity contribution in [3.63, 3.8) is 0 Å². The second-order valence-electron chi connectivity index (χ2n) is 4.47. The molecule has 0 saturated carbocycles. The SMILES string of the molecule is Cc1cc2ccc(C(N)CCC(=O)O)cc2cn1. The summed E-state index contributed by atoms with van der Waals surface area (Å²) in [4.78, 5) is 14.8. The number of hydrogen-bond donors (Lipinski definition) is 2. The summed E-state index contributed by atoms with van der Waals surface area (Å²) in [6.07, 6.45) is 2.35. The van der Waals surface area contributed by atoms with E-state index in [-0.39, 0.29) is 12.5 Å². The van der Waals surface area contributed by atoms with Crippen LogP contribution in [0.2, 0.25) is 0 Å². The third kappa shape index (κ3) is 2.84. The second kappa shape index (κ2) is 5.14. The highest BCUT2D eigenvalue weighted by atomic mass is 16.4. The standard InChI is InChI=1S/C14H16N2O2/c1-9-6-10-2-3-11(7-12(10)8-16-9)13(15)4-5-14(17)18/h2-3,6-8,13H,4-5,15H2,1H3,(H,17,18). The van der Waals surface area contributed by atoms with Gasteiger partial charge in [-0.15, -0.1) is 0 Å². The molecular formula is C14H16N2O2. The largest absolute Gasteiger partial charge is 0.481 e. The molecule has 1 aromatic carbocycles. The number of aryl methyl sites for hydroxylation is 1. The van der Waals surface area contributed by atoms with Gasteiger partial charge < -0.3 is 10.8 Å². The first kappa shape index (κ1) is 12.5. The van der Waals surface area contributed by atoms with Gasteiger partial charge in [-0.25, -0.2) is 0 Å². The second-order valence-corrected chi connectivity index (χ2v) is 4.47. The van der Waals surface area contributed by atoms with Crippen LogP contribution in [0.4, 0.5) is 0 Å². The van der Waals surface area contributed by atoms with Gasteiger partial charge in [-0.3, -0.25) is 9.78 Å². The van der Waals surface area contributed by atoms with Crippen molar-refractivity contribution in [1.82, 2.24) is 4.98 Å². The summed E-state index contributed by atoms with van der Waals surface area (Å²) in [5.41, 5.74) is 7.91. The average molecular weight is 244 g/mol. The van der Waals surface area contributed by atoms with Gasteiger partial charge in [0.15, 0.2) is 0 Å². The molecule has 0 saturated heterocycles. The van der Waals surface area contributed by atoms with Gasteiger partial charge in [0.05, 0.1) is 0 Å². The van der Waals surface area contributed by atoms with Crippen LogP contribution in [-0.2, 0) is 4.79 Å². The van der Waals surface area contributed by atoms with Crippen LogP contribution in [0.1, 0.15) is 30.1 Å². The predicted molar refractivity (Wildman–Crippen MR) is 70.3 cm³/mol. The monoisotopic (exact) mass is 244 g/mol. The third-order valence-electron chi connectivity index (χ3n) is 2.98. The van der Waals surface area contributed by atoms with Crippen LogP contribution in [0.15, 0.2) is 30.5 Å². The molecule has 0 aliphatic carbocycles. The number of rotatable bonds is 4. The number of nitrogens with zero attached hydrogens (tertiary/aromatic N) is 1.